The van der Waals surface area contributed by atoms with Gasteiger partial charge in [-0.25, -0.2) is 0 Å². The van der Waals surface area contributed by atoms with Gasteiger partial charge in [0.15, 0.2) is 0 Å². The lowest BCUT2D eigenvalue weighted by Crippen LogP contribution is -2.39. The summed E-state index contributed by atoms with van der Waals surface area (Å²) in [6.07, 6.45) is 2.05. The quantitative estimate of drug-likeness (QED) is 0.491. The van der Waals surface area contributed by atoms with Crippen molar-refractivity contribution < 1.29 is 14.2 Å². The molecule has 0 aromatic heterocycles. The lowest BCUT2D eigenvalue weighted by atomic mass is 10.0. The molecular weight excluding hydrogens is 363 g/mol. The molecule has 0 spiro atoms. The maximum Gasteiger partial charge on any atom is 0.377 e. The second-order valence-corrected chi connectivity index (χ2v) is 15.2. The van der Waals surface area contributed by atoms with Gasteiger partial charge in [-0.05, 0) is 30.5 Å². The summed E-state index contributed by atoms with van der Waals surface area (Å²) in [5.74, 6) is 1.54. The van der Waals surface area contributed by atoms with Crippen LogP contribution < -0.4 is 9.47 Å². The first-order chi connectivity index (χ1) is 10.2. The zero-order valence-corrected chi connectivity index (χ0v) is 16.3. The maximum absolute atomic E-state index is 6.02. The SMILES string of the molecule is CC(C)CCC1(C)OCc2cc(OC[Si](Cl)(Cl)Cl)ccc2O1. The Balaban J connectivity index is 2.02. The molecule has 2 rings (SSSR count). The predicted molar refractivity (Wildman–Crippen MR) is 93.1 cm³/mol. The predicted octanol–water partition coefficient (Wildman–Crippen LogP) is 5.32. The maximum atomic E-state index is 6.02. The van der Waals surface area contributed by atoms with Crippen LogP contribution in [0.25, 0.3) is 0 Å². The number of halogens is 3. The van der Waals surface area contributed by atoms with Crippen LogP contribution in [0.2, 0.25) is 0 Å². The zero-order chi connectivity index (χ0) is 16.4. The summed E-state index contributed by atoms with van der Waals surface area (Å²) in [4.78, 5) is 0. The Bertz CT molecular complexity index is 519. The topological polar surface area (TPSA) is 27.7 Å². The Hall–Kier alpha value is -0.133. The number of fused-ring (bicyclic) bond motifs is 1. The standard InChI is InChI=1S/C15H21Cl3O3Si/c1-11(2)6-7-15(3)20-9-12-8-13(4-5-14(12)21-15)19-10-22(16,17)18/h4-5,8,11H,6-7,9-10H2,1-3H3. The van der Waals surface area contributed by atoms with E-state index in [0.717, 1.165) is 24.2 Å². The van der Waals surface area contributed by atoms with Crippen molar-refractivity contribution in [3.05, 3.63) is 23.8 Å². The Morgan fingerprint density at radius 3 is 2.68 bits per heavy atom. The fourth-order valence-electron chi connectivity index (χ4n) is 2.19. The van der Waals surface area contributed by atoms with Gasteiger partial charge in [0.2, 0.25) is 5.79 Å². The molecule has 1 aliphatic rings. The van der Waals surface area contributed by atoms with Crippen molar-refractivity contribution in [3.63, 3.8) is 0 Å². The molecule has 1 unspecified atom stereocenters. The van der Waals surface area contributed by atoms with Crippen molar-refractivity contribution in [2.24, 2.45) is 5.92 Å². The number of benzene rings is 1. The molecule has 0 saturated heterocycles. The highest BCUT2D eigenvalue weighted by Crippen LogP contribution is 2.36. The van der Waals surface area contributed by atoms with E-state index in [2.05, 4.69) is 13.8 Å². The van der Waals surface area contributed by atoms with Crippen LogP contribution in [0.3, 0.4) is 0 Å². The molecule has 0 amide bonds. The van der Waals surface area contributed by atoms with Crippen LogP contribution in [-0.2, 0) is 11.3 Å². The molecule has 1 aliphatic heterocycles. The normalized spacial score (nSPS) is 21.4. The minimum atomic E-state index is -2.79. The summed E-state index contributed by atoms with van der Waals surface area (Å²) in [5, 5.41) is 0. The molecule has 0 N–H and O–H groups in total. The molecular formula is C15H21Cl3O3Si. The lowest BCUT2D eigenvalue weighted by Gasteiger charge is -2.36. The van der Waals surface area contributed by atoms with Crippen LogP contribution >= 0.6 is 33.2 Å². The van der Waals surface area contributed by atoms with Gasteiger partial charge >= 0.3 is 6.00 Å². The van der Waals surface area contributed by atoms with Crippen molar-refractivity contribution in [3.8, 4) is 11.5 Å². The van der Waals surface area contributed by atoms with Gasteiger partial charge < -0.3 is 14.2 Å². The second kappa shape index (κ2) is 7.18. The van der Waals surface area contributed by atoms with E-state index in [1.807, 2.05) is 25.1 Å². The highest BCUT2D eigenvalue weighted by molar-refractivity contribution is 7.64. The first-order valence-electron chi connectivity index (χ1n) is 7.32. The highest BCUT2D eigenvalue weighted by Gasteiger charge is 2.33. The van der Waals surface area contributed by atoms with Crippen molar-refractivity contribution in [2.45, 2.75) is 46.0 Å². The van der Waals surface area contributed by atoms with Gasteiger partial charge in [0.05, 0.1) is 6.61 Å². The number of hydrogen-bond donors (Lipinski definition) is 0. The summed E-state index contributed by atoms with van der Waals surface area (Å²) < 4.78 is 17.4. The van der Waals surface area contributed by atoms with Gasteiger partial charge in [-0.3, -0.25) is 0 Å². The monoisotopic (exact) mass is 382 g/mol. The summed E-state index contributed by atoms with van der Waals surface area (Å²) in [6, 6.07) is 2.81. The summed E-state index contributed by atoms with van der Waals surface area (Å²) in [7, 11) is 0. The molecule has 124 valence electrons. The first kappa shape index (κ1) is 18.2. The molecule has 1 heterocycles. The minimum Gasteiger partial charge on any atom is -0.493 e. The molecule has 0 bridgehead atoms. The third-order valence-corrected chi connectivity index (χ3v) is 4.92. The molecule has 1 atom stereocenters. The van der Waals surface area contributed by atoms with E-state index in [-0.39, 0.29) is 6.23 Å². The van der Waals surface area contributed by atoms with Gasteiger partial charge in [0, 0.05) is 18.9 Å². The fourth-order valence-corrected chi connectivity index (χ4v) is 3.01. The van der Waals surface area contributed by atoms with E-state index in [1.165, 1.54) is 0 Å². The Morgan fingerprint density at radius 2 is 2.05 bits per heavy atom. The van der Waals surface area contributed by atoms with Crippen LogP contribution in [-0.4, -0.2) is 18.0 Å². The molecule has 7 heteroatoms. The minimum absolute atomic E-state index is 0.129. The van der Waals surface area contributed by atoms with E-state index in [0.29, 0.717) is 18.3 Å². The number of hydrogen-bond acceptors (Lipinski definition) is 3. The molecule has 22 heavy (non-hydrogen) atoms. The van der Waals surface area contributed by atoms with Gasteiger partial charge in [-0.1, -0.05) is 13.8 Å². The largest absolute Gasteiger partial charge is 0.493 e. The lowest BCUT2D eigenvalue weighted by molar-refractivity contribution is -0.199. The van der Waals surface area contributed by atoms with Crippen molar-refractivity contribution in [1.82, 2.24) is 0 Å². The Labute approximate surface area is 146 Å². The molecule has 0 saturated carbocycles. The Kier molecular flexibility index (Phi) is 5.94. The molecule has 1 aromatic carbocycles. The van der Waals surface area contributed by atoms with Gasteiger partial charge in [-0.2, -0.15) is 0 Å². The van der Waals surface area contributed by atoms with E-state index in [9.17, 15) is 0 Å². The zero-order valence-electron chi connectivity index (χ0n) is 13.0. The summed E-state index contributed by atoms with van der Waals surface area (Å²) in [6.45, 7) is 6.86. The fraction of sp³-hybridized carbons (Fsp3) is 0.600. The Morgan fingerprint density at radius 1 is 1.32 bits per heavy atom. The number of rotatable bonds is 6. The molecule has 0 aliphatic carbocycles. The summed E-state index contributed by atoms with van der Waals surface area (Å²) >= 11 is 17.5. The van der Waals surface area contributed by atoms with E-state index in [1.54, 1.807) is 0 Å². The molecule has 0 radical (unpaired) electrons. The third kappa shape index (κ3) is 5.50. The average Bonchev–Trinajstić information content (AvgIpc) is 2.42. The van der Waals surface area contributed by atoms with Crippen molar-refractivity contribution >= 4 is 39.2 Å². The smallest absolute Gasteiger partial charge is 0.377 e. The van der Waals surface area contributed by atoms with Crippen LogP contribution in [0.15, 0.2) is 18.2 Å². The third-order valence-electron chi connectivity index (χ3n) is 3.47. The van der Waals surface area contributed by atoms with Crippen LogP contribution in [0.5, 0.6) is 11.5 Å². The average molecular weight is 384 g/mol. The van der Waals surface area contributed by atoms with Gasteiger partial charge in [0.1, 0.15) is 17.7 Å². The molecule has 3 nitrogen and oxygen atoms in total. The van der Waals surface area contributed by atoms with E-state index < -0.39 is 11.8 Å². The van der Waals surface area contributed by atoms with Gasteiger partial charge in [-0.15, -0.1) is 33.2 Å². The van der Waals surface area contributed by atoms with E-state index >= 15 is 0 Å². The highest BCUT2D eigenvalue weighted by atomic mass is 35.8. The van der Waals surface area contributed by atoms with Crippen molar-refractivity contribution in [2.75, 3.05) is 6.23 Å². The number of ether oxygens (including phenoxy) is 3. The van der Waals surface area contributed by atoms with E-state index in [4.69, 9.17) is 47.4 Å². The first-order valence-corrected chi connectivity index (χ1v) is 12.6. The molecule has 1 aromatic rings. The van der Waals surface area contributed by atoms with Crippen molar-refractivity contribution in [1.29, 1.82) is 0 Å². The summed E-state index contributed by atoms with van der Waals surface area (Å²) in [5.41, 5.74) is 0.950. The van der Waals surface area contributed by atoms with Crippen LogP contribution in [0, 0.1) is 5.92 Å². The van der Waals surface area contributed by atoms with Crippen LogP contribution in [0.4, 0.5) is 0 Å². The molecule has 0 fully saturated rings. The second-order valence-electron chi connectivity index (χ2n) is 6.13. The van der Waals surface area contributed by atoms with Crippen LogP contribution in [0.1, 0.15) is 39.2 Å². The van der Waals surface area contributed by atoms with Gasteiger partial charge in [0.25, 0.3) is 0 Å².